The van der Waals surface area contributed by atoms with Crippen molar-refractivity contribution in [3.63, 3.8) is 0 Å². The summed E-state index contributed by atoms with van der Waals surface area (Å²) >= 11 is 0. The maximum absolute atomic E-state index is 6.39. The number of hydrogen-bond donors (Lipinski definition) is 0. The lowest BCUT2D eigenvalue weighted by atomic mass is 9.98. The van der Waals surface area contributed by atoms with E-state index in [0.717, 1.165) is 166 Å². The Morgan fingerprint density at radius 3 is 1.31 bits per heavy atom. The Labute approximate surface area is 612 Å². The van der Waals surface area contributed by atoms with Crippen molar-refractivity contribution in [2.24, 2.45) is 0 Å². The number of aromatic nitrogens is 9. The lowest BCUT2D eigenvalue weighted by Crippen LogP contribution is -2.03. The third-order valence-electron chi connectivity index (χ3n) is 21.4. The van der Waals surface area contributed by atoms with Crippen LogP contribution in [0.3, 0.4) is 0 Å². The summed E-state index contributed by atoms with van der Waals surface area (Å²) in [7, 11) is 0. The molecule has 0 saturated carbocycles. The molecule has 15 aromatic carbocycles. The molecule has 10 heteroatoms. The standard InChI is InChI=1S/C97H59N9O/c1-5-26-60(27-6-1)78-59-79(99-94(98-78)61-28-7-2-8-29-61)73-50-48-64(57-87(73)106-83-45-22-16-40-75(83)91-86(106)54-52-71-68-36-13-19-42-80(68)103(92(71)91)66-34-11-4-12-35-66)63-32-25-33-65(56-63)96-100-95(62-30-9-3-10-31-62)101-97(102-96)76-41-17-23-46-84(76)105-82-44-21-15-39-74(82)90-85(105)53-51-72-69-37-14-20-43-81(69)104(93(72)90)67-49-55-89-77(58-67)70-38-18-24-47-88(70)107-89/h1-59H. The predicted molar refractivity (Wildman–Crippen MR) is 438 cm³/mol. The Morgan fingerprint density at radius 1 is 0.206 bits per heavy atom. The zero-order chi connectivity index (χ0) is 70.2. The van der Waals surface area contributed by atoms with Crippen molar-refractivity contribution in [3.05, 3.63) is 358 Å². The average molecular weight is 1370 g/mol. The van der Waals surface area contributed by atoms with E-state index in [9.17, 15) is 0 Å². The van der Waals surface area contributed by atoms with E-state index in [4.69, 9.17) is 29.3 Å². The molecule has 0 aliphatic carbocycles. The first kappa shape index (κ1) is 60.0. The summed E-state index contributed by atoms with van der Waals surface area (Å²) in [5.41, 5.74) is 23.6. The normalized spacial score (nSPS) is 11.9. The smallest absolute Gasteiger partial charge is 0.166 e. The van der Waals surface area contributed by atoms with E-state index in [1.165, 1.54) is 21.5 Å². The third kappa shape index (κ3) is 9.49. The quantitative estimate of drug-likeness (QED) is 0.128. The molecule has 0 bridgehead atoms. The minimum Gasteiger partial charge on any atom is -0.456 e. The van der Waals surface area contributed by atoms with Crippen LogP contribution in [0.1, 0.15) is 0 Å². The monoisotopic (exact) mass is 1370 g/mol. The van der Waals surface area contributed by atoms with Crippen LogP contribution in [0.5, 0.6) is 0 Å². The summed E-state index contributed by atoms with van der Waals surface area (Å²) in [6.07, 6.45) is 0. The lowest BCUT2D eigenvalue weighted by Gasteiger charge is -2.17. The second-order valence-electron chi connectivity index (χ2n) is 27.4. The highest BCUT2D eigenvalue weighted by Crippen LogP contribution is 2.48. The molecule has 0 aliphatic heterocycles. The molecule has 0 spiro atoms. The first-order chi connectivity index (χ1) is 53.1. The summed E-state index contributed by atoms with van der Waals surface area (Å²) < 4.78 is 16.1. The molecule has 0 saturated heterocycles. The first-order valence-electron chi connectivity index (χ1n) is 36.1. The second kappa shape index (κ2) is 24.0. The van der Waals surface area contributed by atoms with Gasteiger partial charge in [0.15, 0.2) is 23.3 Å². The van der Waals surface area contributed by atoms with E-state index >= 15 is 0 Å². The topological polar surface area (TPSA) is 97.3 Å². The highest BCUT2D eigenvalue weighted by molar-refractivity contribution is 6.28. The van der Waals surface area contributed by atoms with Gasteiger partial charge in [-0.25, -0.2) is 24.9 Å². The van der Waals surface area contributed by atoms with E-state index in [1.54, 1.807) is 0 Å². The van der Waals surface area contributed by atoms with Gasteiger partial charge in [0.1, 0.15) is 11.2 Å². The maximum Gasteiger partial charge on any atom is 0.166 e. The van der Waals surface area contributed by atoms with Gasteiger partial charge in [-0.05, 0) is 114 Å². The zero-order valence-corrected chi connectivity index (χ0v) is 57.5. The van der Waals surface area contributed by atoms with Crippen LogP contribution in [0.4, 0.5) is 0 Å². The number of rotatable bonds is 11. The van der Waals surface area contributed by atoms with Crippen molar-refractivity contribution < 1.29 is 4.42 Å². The van der Waals surface area contributed by atoms with Gasteiger partial charge in [0.2, 0.25) is 0 Å². The molecule has 10 nitrogen and oxygen atoms in total. The zero-order valence-electron chi connectivity index (χ0n) is 57.5. The van der Waals surface area contributed by atoms with Crippen LogP contribution in [0, 0.1) is 0 Å². The lowest BCUT2D eigenvalue weighted by molar-refractivity contribution is 0.669. The Bertz CT molecular complexity index is 7310. The molecule has 0 aliphatic rings. The molecule has 7 heterocycles. The fourth-order valence-corrected chi connectivity index (χ4v) is 16.7. The van der Waals surface area contributed by atoms with Gasteiger partial charge >= 0.3 is 0 Å². The Hall–Kier alpha value is -14.6. The number of furan rings is 1. The average Bonchev–Trinajstić information content (AvgIpc) is 1.55. The number of para-hydroxylation sites is 7. The van der Waals surface area contributed by atoms with E-state index in [0.29, 0.717) is 23.3 Å². The number of benzene rings is 15. The minimum absolute atomic E-state index is 0.543. The summed E-state index contributed by atoms with van der Waals surface area (Å²) in [4.78, 5) is 27.3. The van der Waals surface area contributed by atoms with Crippen molar-refractivity contribution in [1.29, 1.82) is 0 Å². The predicted octanol–water partition coefficient (Wildman–Crippen LogP) is 24.6. The largest absolute Gasteiger partial charge is 0.456 e. The number of fused-ring (bicyclic) bond motifs is 17. The fraction of sp³-hybridized carbons (Fsp3) is 0. The first-order valence-corrected chi connectivity index (χ1v) is 36.1. The van der Waals surface area contributed by atoms with Crippen molar-refractivity contribution in [2.75, 3.05) is 0 Å². The van der Waals surface area contributed by atoms with Gasteiger partial charge in [-0.2, -0.15) is 0 Å². The van der Waals surface area contributed by atoms with Gasteiger partial charge in [-0.15, -0.1) is 0 Å². The summed E-state index contributed by atoms with van der Waals surface area (Å²) in [5.74, 6) is 2.29. The van der Waals surface area contributed by atoms with Crippen LogP contribution in [0.25, 0.3) is 211 Å². The third-order valence-corrected chi connectivity index (χ3v) is 21.4. The molecule has 0 fully saturated rings. The fourth-order valence-electron chi connectivity index (χ4n) is 16.7. The Balaban J connectivity index is 0.742. The number of nitrogens with zero attached hydrogens (tertiary/aromatic N) is 9. The van der Waals surface area contributed by atoms with Crippen LogP contribution in [0.2, 0.25) is 0 Å². The Morgan fingerprint density at radius 2 is 0.664 bits per heavy atom. The molecule has 107 heavy (non-hydrogen) atoms. The second-order valence-corrected chi connectivity index (χ2v) is 27.4. The molecule has 22 aromatic rings. The van der Waals surface area contributed by atoms with Crippen LogP contribution in [-0.4, -0.2) is 43.2 Å². The van der Waals surface area contributed by atoms with Crippen molar-refractivity contribution in [2.45, 2.75) is 0 Å². The number of hydrogen-bond acceptors (Lipinski definition) is 6. The summed E-state index contributed by atoms with van der Waals surface area (Å²) in [6.45, 7) is 0. The van der Waals surface area contributed by atoms with E-state index in [-0.39, 0.29) is 0 Å². The van der Waals surface area contributed by atoms with Crippen molar-refractivity contribution in [3.8, 4) is 102 Å². The maximum atomic E-state index is 6.39. The van der Waals surface area contributed by atoms with E-state index < -0.39 is 0 Å². The van der Waals surface area contributed by atoms with Gasteiger partial charge in [0.05, 0.1) is 66.9 Å². The molecule has 0 atom stereocenters. The minimum atomic E-state index is 0.543. The van der Waals surface area contributed by atoms with Gasteiger partial charge in [-0.1, -0.05) is 255 Å². The molecule has 7 aromatic heterocycles. The SMILES string of the molecule is c1ccc(-c2cc(-c3ccc(-c4cccc(-c5nc(-c6ccccc6)nc(-c6ccccc6-n6c7ccccc7c7c6ccc6c8ccccc8n(-c8ccc9oc%10ccccc%10c9c8)c67)n5)c4)cc3-n3c4ccccc4c4c3ccc3c5ccccc5n(-c5ccccc5)c34)nc(-c3ccccc3)n2)cc1. The summed E-state index contributed by atoms with van der Waals surface area (Å²) in [5, 5.41) is 11.5. The van der Waals surface area contributed by atoms with Crippen LogP contribution >= 0.6 is 0 Å². The van der Waals surface area contributed by atoms with Crippen LogP contribution in [0.15, 0.2) is 362 Å². The summed E-state index contributed by atoms with van der Waals surface area (Å²) in [6, 6.07) is 127. The molecule has 0 radical (unpaired) electrons. The molecular formula is C97H59N9O. The van der Waals surface area contributed by atoms with Gasteiger partial charge in [0.25, 0.3) is 0 Å². The van der Waals surface area contributed by atoms with Crippen LogP contribution < -0.4 is 0 Å². The highest BCUT2D eigenvalue weighted by Gasteiger charge is 2.27. The highest BCUT2D eigenvalue weighted by atomic mass is 16.3. The molecule has 498 valence electrons. The molecule has 0 amide bonds. The Kier molecular flexibility index (Phi) is 13.5. The van der Waals surface area contributed by atoms with Crippen molar-refractivity contribution >= 4 is 109 Å². The molecule has 0 unspecified atom stereocenters. The molecular weight excluding hydrogens is 1310 g/mol. The van der Waals surface area contributed by atoms with Gasteiger partial charge in [0, 0.05) is 98.6 Å². The van der Waals surface area contributed by atoms with Crippen LogP contribution in [-0.2, 0) is 0 Å². The van der Waals surface area contributed by atoms with E-state index in [2.05, 4.69) is 322 Å². The molecule has 22 rings (SSSR count). The van der Waals surface area contributed by atoms with Gasteiger partial charge in [-0.3, -0.25) is 0 Å². The van der Waals surface area contributed by atoms with E-state index in [1.807, 2.05) is 54.6 Å². The molecule has 0 N–H and O–H groups in total. The van der Waals surface area contributed by atoms with Crippen molar-refractivity contribution in [1.82, 2.24) is 43.2 Å². The van der Waals surface area contributed by atoms with Gasteiger partial charge < -0.3 is 22.7 Å².